The predicted molar refractivity (Wildman–Crippen MR) is 153 cm³/mol. The highest BCUT2D eigenvalue weighted by Crippen LogP contribution is 2.46. The molecular formula is C30H23Cl3N2O4. The van der Waals surface area contributed by atoms with Crippen molar-refractivity contribution in [1.82, 2.24) is 5.16 Å². The first kappa shape index (κ1) is 27.0. The van der Waals surface area contributed by atoms with E-state index in [-0.39, 0.29) is 12.2 Å². The number of benzene rings is 3. The number of aromatic carboxylic acids is 1. The average Bonchev–Trinajstić information content (AvgIpc) is 3.66. The molecule has 1 aromatic heterocycles. The van der Waals surface area contributed by atoms with Crippen LogP contribution in [-0.2, 0) is 6.61 Å². The standard InChI is InChI=1S/C30H23Cl3N2O4/c1-35(2)21-13-17(12-20(14-21)30(36)37)6-7-18-10-11-22(15-26(18)33)38-16-23-28(34-39-29(23)19-8-9-19)27-24(31)4-3-5-25(27)32/h3-5,10-15,19H,8-9,16H2,1-2H3,(H,36,37). The number of anilines is 1. The van der Waals surface area contributed by atoms with Crippen molar-refractivity contribution in [2.75, 3.05) is 19.0 Å². The number of carboxylic acids is 1. The van der Waals surface area contributed by atoms with Gasteiger partial charge in [0.05, 0.1) is 26.2 Å². The molecule has 1 aliphatic rings. The Morgan fingerprint density at radius 2 is 1.79 bits per heavy atom. The summed E-state index contributed by atoms with van der Waals surface area (Å²) in [5.41, 5.74) is 4.06. The number of hydrogen-bond donors (Lipinski definition) is 1. The minimum atomic E-state index is -1.01. The zero-order chi connectivity index (χ0) is 27.7. The molecule has 4 aromatic rings. The highest BCUT2D eigenvalue weighted by atomic mass is 35.5. The molecule has 0 unspecified atom stereocenters. The maximum absolute atomic E-state index is 11.5. The number of aromatic nitrogens is 1. The molecule has 39 heavy (non-hydrogen) atoms. The maximum atomic E-state index is 11.5. The van der Waals surface area contributed by atoms with Gasteiger partial charge < -0.3 is 19.3 Å². The fourth-order valence-corrected chi connectivity index (χ4v) is 4.89. The third-order valence-corrected chi connectivity index (χ3v) is 7.26. The monoisotopic (exact) mass is 580 g/mol. The molecule has 198 valence electrons. The largest absolute Gasteiger partial charge is 0.489 e. The van der Waals surface area contributed by atoms with E-state index in [0.29, 0.717) is 49.1 Å². The van der Waals surface area contributed by atoms with Crippen molar-refractivity contribution < 1.29 is 19.2 Å². The maximum Gasteiger partial charge on any atom is 0.335 e. The molecule has 0 aliphatic heterocycles. The third kappa shape index (κ3) is 6.02. The first-order valence-electron chi connectivity index (χ1n) is 12.1. The normalized spacial score (nSPS) is 12.5. The van der Waals surface area contributed by atoms with E-state index in [9.17, 15) is 9.90 Å². The van der Waals surface area contributed by atoms with Crippen LogP contribution in [0.3, 0.4) is 0 Å². The minimum Gasteiger partial charge on any atom is -0.489 e. The van der Waals surface area contributed by atoms with Gasteiger partial charge >= 0.3 is 5.97 Å². The zero-order valence-corrected chi connectivity index (χ0v) is 23.4. The predicted octanol–water partition coefficient (Wildman–Crippen LogP) is 7.92. The van der Waals surface area contributed by atoms with E-state index in [2.05, 4.69) is 17.0 Å². The molecule has 9 heteroatoms. The van der Waals surface area contributed by atoms with Gasteiger partial charge in [-0.2, -0.15) is 0 Å². The molecule has 0 spiro atoms. The van der Waals surface area contributed by atoms with Crippen LogP contribution in [0, 0.1) is 11.8 Å². The molecular weight excluding hydrogens is 559 g/mol. The van der Waals surface area contributed by atoms with Gasteiger partial charge in [-0.25, -0.2) is 4.79 Å². The van der Waals surface area contributed by atoms with Gasteiger partial charge in [0.2, 0.25) is 0 Å². The van der Waals surface area contributed by atoms with Gasteiger partial charge in [0, 0.05) is 48.5 Å². The smallest absolute Gasteiger partial charge is 0.335 e. The quantitative estimate of drug-likeness (QED) is 0.223. The molecule has 5 rings (SSSR count). The number of ether oxygens (including phenoxy) is 1. The van der Waals surface area contributed by atoms with E-state index < -0.39 is 5.97 Å². The van der Waals surface area contributed by atoms with Gasteiger partial charge in [0.1, 0.15) is 23.8 Å². The van der Waals surface area contributed by atoms with Gasteiger partial charge in [0.15, 0.2) is 0 Å². The molecule has 0 radical (unpaired) electrons. The molecule has 0 saturated heterocycles. The molecule has 1 saturated carbocycles. The summed E-state index contributed by atoms with van der Waals surface area (Å²) in [7, 11) is 3.68. The van der Waals surface area contributed by atoms with Crippen LogP contribution in [0.5, 0.6) is 5.75 Å². The molecule has 6 nitrogen and oxygen atoms in total. The molecule has 0 amide bonds. The summed E-state index contributed by atoms with van der Waals surface area (Å²) in [6, 6.07) is 15.5. The lowest BCUT2D eigenvalue weighted by Gasteiger charge is -2.13. The number of carboxylic acid groups (broad SMARTS) is 1. The molecule has 1 aliphatic carbocycles. The Hall–Kier alpha value is -3.63. The van der Waals surface area contributed by atoms with E-state index in [1.54, 1.807) is 42.5 Å². The number of halogens is 3. The van der Waals surface area contributed by atoms with E-state index in [4.69, 9.17) is 44.1 Å². The van der Waals surface area contributed by atoms with Crippen LogP contribution in [-0.4, -0.2) is 30.3 Å². The van der Waals surface area contributed by atoms with E-state index in [1.165, 1.54) is 6.07 Å². The second kappa shape index (κ2) is 11.2. The van der Waals surface area contributed by atoms with Crippen molar-refractivity contribution in [3.05, 3.63) is 97.7 Å². The van der Waals surface area contributed by atoms with E-state index >= 15 is 0 Å². The highest BCUT2D eigenvalue weighted by molar-refractivity contribution is 6.39. The van der Waals surface area contributed by atoms with Crippen LogP contribution < -0.4 is 9.64 Å². The Bertz CT molecular complexity index is 1610. The average molecular weight is 582 g/mol. The zero-order valence-electron chi connectivity index (χ0n) is 21.1. The number of rotatable bonds is 7. The van der Waals surface area contributed by atoms with Crippen molar-refractivity contribution in [3.8, 4) is 28.8 Å². The van der Waals surface area contributed by atoms with E-state index in [0.717, 1.165) is 29.9 Å². The summed E-state index contributed by atoms with van der Waals surface area (Å²) in [6.07, 6.45) is 2.06. The Kier molecular flexibility index (Phi) is 7.76. The lowest BCUT2D eigenvalue weighted by atomic mass is 10.0. The lowest BCUT2D eigenvalue weighted by Crippen LogP contribution is -2.10. The first-order valence-corrected chi connectivity index (χ1v) is 13.3. The fraction of sp³-hybridized carbons (Fsp3) is 0.200. The molecule has 3 aromatic carbocycles. The minimum absolute atomic E-state index is 0.164. The second-order valence-electron chi connectivity index (χ2n) is 9.39. The lowest BCUT2D eigenvalue weighted by molar-refractivity contribution is 0.0697. The van der Waals surface area contributed by atoms with Crippen molar-refractivity contribution in [1.29, 1.82) is 0 Å². The number of carbonyl (C=O) groups is 1. The Balaban J connectivity index is 1.38. The highest BCUT2D eigenvalue weighted by Gasteiger charge is 2.33. The summed E-state index contributed by atoms with van der Waals surface area (Å²) in [6.45, 7) is 0.197. The van der Waals surface area contributed by atoms with Crippen LogP contribution in [0.2, 0.25) is 15.1 Å². The summed E-state index contributed by atoms with van der Waals surface area (Å²) in [4.78, 5) is 13.3. The van der Waals surface area contributed by atoms with Crippen molar-refractivity contribution in [3.63, 3.8) is 0 Å². The summed E-state index contributed by atoms with van der Waals surface area (Å²) >= 11 is 19.4. The van der Waals surface area contributed by atoms with Crippen LogP contribution in [0.4, 0.5) is 5.69 Å². The Morgan fingerprint density at radius 3 is 2.44 bits per heavy atom. The van der Waals surface area contributed by atoms with Crippen LogP contribution >= 0.6 is 34.8 Å². The van der Waals surface area contributed by atoms with Crippen molar-refractivity contribution in [2.24, 2.45) is 0 Å². The molecule has 1 heterocycles. The van der Waals surface area contributed by atoms with Crippen LogP contribution in [0.25, 0.3) is 11.3 Å². The van der Waals surface area contributed by atoms with Gasteiger partial charge in [-0.05, 0) is 55.3 Å². The van der Waals surface area contributed by atoms with Gasteiger partial charge in [-0.15, -0.1) is 0 Å². The molecule has 0 bridgehead atoms. The second-order valence-corrected chi connectivity index (χ2v) is 10.6. The SMILES string of the molecule is CN(C)c1cc(C#Cc2ccc(OCc3c(-c4c(Cl)cccc4Cl)noc3C3CC3)cc2Cl)cc(C(=O)O)c1. The third-order valence-electron chi connectivity index (χ3n) is 6.31. The topological polar surface area (TPSA) is 75.8 Å². The first-order chi connectivity index (χ1) is 18.7. The fourth-order valence-electron chi connectivity index (χ4n) is 4.10. The summed E-state index contributed by atoms with van der Waals surface area (Å²) in [5.74, 6) is 6.68. The van der Waals surface area contributed by atoms with Crippen LogP contribution in [0.1, 0.15) is 51.6 Å². The van der Waals surface area contributed by atoms with Crippen molar-refractivity contribution >= 4 is 46.5 Å². The van der Waals surface area contributed by atoms with Crippen molar-refractivity contribution in [2.45, 2.75) is 25.4 Å². The number of nitrogens with zero attached hydrogens (tertiary/aromatic N) is 2. The van der Waals surface area contributed by atoms with Gasteiger partial charge in [0.25, 0.3) is 0 Å². The number of hydrogen-bond acceptors (Lipinski definition) is 5. The summed E-state index contributed by atoms with van der Waals surface area (Å²) in [5, 5.41) is 15.1. The Labute approximate surface area is 241 Å². The Morgan fingerprint density at radius 1 is 1.05 bits per heavy atom. The van der Waals surface area contributed by atoms with E-state index in [1.807, 2.05) is 25.1 Å². The van der Waals surface area contributed by atoms with Gasteiger partial charge in [-0.3, -0.25) is 0 Å². The summed E-state index contributed by atoms with van der Waals surface area (Å²) < 4.78 is 11.8. The van der Waals surface area contributed by atoms with Crippen LogP contribution in [0.15, 0.2) is 59.1 Å². The molecule has 0 atom stereocenters. The molecule has 1 fully saturated rings. The van der Waals surface area contributed by atoms with Gasteiger partial charge in [-0.1, -0.05) is 57.9 Å². The molecule has 1 N–H and O–H groups in total.